The summed E-state index contributed by atoms with van der Waals surface area (Å²) in [6.45, 7) is 8.78. The van der Waals surface area contributed by atoms with Crippen LogP contribution in [0.5, 0.6) is 5.75 Å². The number of guanidine groups is 1. The van der Waals surface area contributed by atoms with E-state index in [1.807, 2.05) is 18.2 Å². The van der Waals surface area contributed by atoms with Crippen LogP contribution in [0.2, 0.25) is 0 Å². The van der Waals surface area contributed by atoms with Crippen molar-refractivity contribution in [1.82, 2.24) is 10.2 Å². The number of hydrogen-bond acceptors (Lipinski definition) is 5. The predicted molar refractivity (Wildman–Crippen MR) is 101 cm³/mol. The number of aromatic hydroxyl groups is 1. The Morgan fingerprint density at radius 3 is 2.60 bits per heavy atom. The van der Waals surface area contributed by atoms with Gasteiger partial charge in [0, 0.05) is 39.8 Å². The number of ether oxygens (including phenoxy) is 2. The van der Waals surface area contributed by atoms with Crippen LogP contribution < -0.4 is 10.2 Å². The van der Waals surface area contributed by atoms with Gasteiger partial charge in [-0.2, -0.15) is 0 Å². The van der Waals surface area contributed by atoms with Crippen LogP contribution in [0, 0.1) is 0 Å². The van der Waals surface area contributed by atoms with E-state index < -0.39 is 0 Å². The molecule has 1 aliphatic heterocycles. The van der Waals surface area contributed by atoms with Crippen LogP contribution in [0.4, 0.5) is 5.69 Å². The van der Waals surface area contributed by atoms with Crippen LogP contribution in [-0.4, -0.2) is 82.2 Å². The molecule has 0 atom stereocenters. The van der Waals surface area contributed by atoms with Gasteiger partial charge in [-0.1, -0.05) is 12.1 Å². The molecule has 1 aromatic rings. The fraction of sp³-hybridized carbons (Fsp3) is 0.611. The normalized spacial score (nSPS) is 15.5. The second kappa shape index (κ2) is 10.8. The first-order chi connectivity index (χ1) is 12.3. The third-order valence-electron chi connectivity index (χ3n) is 4.07. The second-order valence-corrected chi connectivity index (χ2v) is 5.80. The summed E-state index contributed by atoms with van der Waals surface area (Å²) in [6.07, 6.45) is 0. The summed E-state index contributed by atoms with van der Waals surface area (Å²) in [5.74, 6) is 1.26. The zero-order valence-corrected chi connectivity index (χ0v) is 15.3. The number of hydrogen-bond donors (Lipinski definition) is 2. The van der Waals surface area contributed by atoms with E-state index in [1.165, 1.54) is 0 Å². The van der Waals surface area contributed by atoms with E-state index in [-0.39, 0.29) is 0 Å². The number of piperazine rings is 1. The number of phenols is 1. The van der Waals surface area contributed by atoms with Crippen molar-refractivity contribution in [3.05, 3.63) is 24.3 Å². The van der Waals surface area contributed by atoms with E-state index in [0.717, 1.165) is 44.4 Å². The molecule has 0 spiro atoms. The molecule has 0 unspecified atom stereocenters. The minimum Gasteiger partial charge on any atom is -0.506 e. The lowest BCUT2D eigenvalue weighted by atomic mass is 10.2. The van der Waals surface area contributed by atoms with Gasteiger partial charge in [0.2, 0.25) is 0 Å². The van der Waals surface area contributed by atoms with E-state index in [1.54, 1.807) is 13.2 Å². The standard InChI is InChI=1S/C18H30N4O3/c1-3-19-18(20-8-13-25-15-14-24-2)22-11-9-21(10-12-22)16-6-4-5-7-17(16)23/h4-7,23H,3,8-15H2,1-2H3,(H,19,20). The summed E-state index contributed by atoms with van der Waals surface area (Å²) in [5.41, 5.74) is 0.899. The highest BCUT2D eigenvalue weighted by molar-refractivity contribution is 5.80. The lowest BCUT2D eigenvalue weighted by Gasteiger charge is -2.37. The maximum absolute atomic E-state index is 10.0. The molecule has 1 aliphatic rings. The van der Waals surface area contributed by atoms with Crippen LogP contribution in [0.15, 0.2) is 29.3 Å². The Morgan fingerprint density at radius 1 is 1.16 bits per heavy atom. The quantitative estimate of drug-likeness (QED) is 0.416. The number of aliphatic imine (C=N–C) groups is 1. The molecule has 0 bridgehead atoms. The zero-order chi connectivity index (χ0) is 17.9. The molecule has 2 N–H and O–H groups in total. The summed E-state index contributed by atoms with van der Waals surface area (Å²) in [7, 11) is 1.67. The molecule has 7 heteroatoms. The molecule has 0 amide bonds. The monoisotopic (exact) mass is 350 g/mol. The number of benzene rings is 1. The van der Waals surface area contributed by atoms with Crippen LogP contribution in [0.25, 0.3) is 0 Å². The molecule has 1 saturated heterocycles. The average Bonchev–Trinajstić information content (AvgIpc) is 2.64. The van der Waals surface area contributed by atoms with Crippen molar-refractivity contribution in [2.75, 3.05) is 71.1 Å². The number of rotatable bonds is 8. The van der Waals surface area contributed by atoms with E-state index >= 15 is 0 Å². The lowest BCUT2D eigenvalue weighted by molar-refractivity contribution is 0.0747. The second-order valence-electron chi connectivity index (χ2n) is 5.80. The van der Waals surface area contributed by atoms with Gasteiger partial charge in [0.1, 0.15) is 5.75 Å². The molecule has 0 aromatic heterocycles. The molecule has 1 heterocycles. The van der Waals surface area contributed by atoms with Crippen molar-refractivity contribution in [3.8, 4) is 5.75 Å². The third-order valence-corrected chi connectivity index (χ3v) is 4.07. The minimum absolute atomic E-state index is 0.338. The Kier molecular flexibility index (Phi) is 8.34. The molecular weight excluding hydrogens is 320 g/mol. The number of anilines is 1. The molecule has 1 aromatic carbocycles. The van der Waals surface area contributed by atoms with Gasteiger partial charge in [0.25, 0.3) is 0 Å². The van der Waals surface area contributed by atoms with Crippen LogP contribution >= 0.6 is 0 Å². The SMILES string of the molecule is CCNC(=NCCOCCOC)N1CCN(c2ccccc2O)CC1. The van der Waals surface area contributed by atoms with E-state index in [2.05, 4.69) is 27.0 Å². The fourth-order valence-electron chi connectivity index (χ4n) is 2.78. The highest BCUT2D eigenvalue weighted by Crippen LogP contribution is 2.27. The van der Waals surface area contributed by atoms with Crippen molar-refractivity contribution < 1.29 is 14.6 Å². The summed E-state index contributed by atoms with van der Waals surface area (Å²) in [5, 5.41) is 13.4. The average molecular weight is 350 g/mol. The van der Waals surface area contributed by atoms with Gasteiger partial charge < -0.3 is 29.7 Å². The van der Waals surface area contributed by atoms with Gasteiger partial charge in [-0.15, -0.1) is 0 Å². The van der Waals surface area contributed by atoms with Gasteiger partial charge in [0.05, 0.1) is 32.1 Å². The van der Waals surface area contributed by atoms with Crippen molar-refractivity contribution in [1.29, 1.82) is 0 Å². The van der Waals surface area contributed by atoms with Crippen molar-refractivity contribution in [2.24, 2.45) is 4.99 Å². The Hall–Kier alpha value is -1.99. The van der Waals surface area contributed by atoms with Gasteiger partial charge in [-0.25, -0.2) is 0 Å². The lowest BCUT2D eigenvalue weighted by Crippen LogP contribution is -2.52. The third kappa shape index (κ3) is 6.10. The van der Waals surface area contributed by atoms with Gasteiger partial charge in [-0.3, -0.25) is 4.99 Å². The van der Waals surface area contributed by atoms with Crippen LogP contribution in [0.1, 0.15) is 6.92 Å². The molecule has 2 rings (SSSR count). The molecule has 0 saturated carbocycles. The highest BCUT2D eigenvalue weighted by atomic mass is 16.5. The predicted octanol–water partition coefficient (Wildman–Crippen LogP) is 1.14. The maximum Gasteiger partial charge on any atom is 0.194 e. The number of phenolic OH excluding ortho intramolecular Hbond substituents is 1. The van der Waals surface area contributed by atoms with Crippen molar-refractivity contribution in [3.63, 3.8) is 0 Å². The Balaban J connectivity index is 1.83. The topological polar surface area (TPSA) is 69.6 Å². The van der Waals surface area contributed by atoms with E-state index in [9.17, 15) is 5.11 Å². The molecule has 7 nitrogen and oxygen atoms in total. The number of nitrogens with zero attached hydrogens (tertiary/aromatic N) is 3. The summed E-state index contributed by atoms with van der Waals surface area (Å²) < 4.78 is 10.4. The van der Waals surface area contributed by atoms with Crippen LogP contribution in [0.3, 0.4) is 0 Å². The number of para-hydroxylation sites is 2. The molecule has 0 radical (unpaired) electrons. The maximum atomic E-state index is 10.0. The Bertz CT molecular complexity index is 531. The number of nitrogens with one attached hydrogen (secondary N) is 1. The van der Waals surface area contributed by atoms with Crippen molar-refractivity contribution >= 4 is 11.6 Å². The van der Waals surface area contributed by atoms with E-state index in [4.69, 9.17) is 9.47 Å². The smallest absolute Gasteiger partial charge is 0.194 e. The minimum atomic E-state index is 0.338. The summed E-state index contributed by atoms with van der Waals surface area (Å²) in [6, 6.07) is 7.49. The first kappa shape index (κ1) is 19.3. The fourth-order valence-corrected chi connectivity index (χ4v) is 2.78. The molecule has 25 heavy (non-hydrogen) atoms. The molecule has 0 aliphatic carbocycles. The Labute approximate surface area is 150 Å². The van der Waals surface area contributed by atoms with E-state index in [0.29, 0.717) is 32.1 Å². The van der Waals surface area contributed by atoms with Gasteiger partial charge in [0.15, 0.2) is 5.96 Å². The highest BCUT2D eigenvalue weighted by Gasteiger charge is 2.21. The largest absolute Gasteiger partial charge is 0.506 e. The zero-order valence-electron chi connectivity index (χ0n) is 15.3. The summed E-state index contributed by atoms with van der Waals surface area (Å²) >= 11 is 0. The summed E-state index contributed by atoms with van der Waals surface area (Å²) in [4.78, 5) is 9.12. The molecule has 1 fully saturated rings. The first-order valence-corrected chi connectivity index (χ1v) is 8.89. The van der Waals surface area contributed by atoms with Crippen molar-refractivity contribution in [2.45, 2.75) is 6.92 Å². The van der Waals surface area contributed by atoms with Gasteiger partial charge >= 0.3 is 0 Å². The Morgan fingerprint density at radius 2 is 1.92 bits per heavy atom. The van der Waals surface area contributed by atoms with Gasteiger partial charge in [-0.05, 0) is 19.1 Å². The molecule has 140 valence electrons. The van der Waals surface area contributed by atoms with Crippen LogP contribution in [-0.2, 0) is 9.47 Å². The molecular formula is C18H30N4O3. The number of methoxy groups -OCH3 is 1. The first-order valence-electron chi connectivity index (χ1n) is 8.89.